The molecule has 6 aliphatic carbocycles. The molecular formula is C100H87ClN2. The van der Waals surface area contributed by atoms with E-state index in [9.17, 15) is 0 Å². The van der Waals surface area contributed by atoms with Crippen molar-refractivity contribution in [2.75, 3.05) is 10.2 Å². The second-order valence-electron chi connectivity index (χ2n) is 28.9. The van der Waals surface area contributed by atoms with Crippen LogP contribution in [0.1, 0.15) is 88.5 Å². The SMILES string of the molecule is C.C.Clc1ccc(-c2ccc3c(c2)C2(CC4CCC2C4)c2ccccc2-3)cc1.c1ccc(-c2ccc(N(c3ccc(-c4ccccc4)cc3)c3ccc(-c4ccc5c(c4)C4(CC6CCC4C6)c4ccccc4-5)cc3)cc2)cc1.c1ccc(-c2ccc(Nc3ccc(-c4ccccc4)cc3)cc2)cc1. The van der Waals surface area contributed by atoms with Gasteiger partial charge in [-0.25, -0.2) is 0 Å². The number of nitrogens with one attached hydrogen (secondary N) is 1. The zero-order valence-corrected chi connectivity index (χ0v) is 57.5. The maximum Gasteiger partial charge on any atom is 0.0462 e. The fourth-order valence-electron chi connectivity index (χ4n) is 18.8. The maximum absolute atomic E-state index is 6.10. The Labute approximate surface area is 615 Å². The fraction of sp³-hybridized carbons (Fsp3) is 0.160. The Morgan fingerprint density at radius 2 is 0.534 bits per heavy atom. The van der Waals surface area contributed by atoms with Crippen LogP contribution in [-0.4, -0.2) is 0 Å². The Balaban J connectivity index is 0.000000130. The van der Waals surface area contributed by atoms with Crippen LogP contribution in [0.25, 0.3) is 89.0 Å². The highest BCUT2D eigenvalue weighted by atomic mass is 35.5. The van der Waals surface area contributed by atoms with E-state index in [0.717, 1.165) is 57.1 Å². The third-order valence-corrected chi connectivity index (χ3v) is 23.7. The van der Waals surface area contributed by atoms with Crippen molar-refractivity contribution in [2.24, 2.45) is 23.7 Å². The van der Waals surface area contributed by atoms with Crippen molar-refractivity contribution in [3.05, 3.63) is 379 Å². The van der Waals surface area contributed by atoms with Crippen molar-refractivity contribution >= 4 is 40.0 Å². The lowest BCUT2D eigenvalue weighted by atomic mass is 9.66. The summed E-state index contributed by atoms with van der Waals surface area (Å²) in [5.41, 5.74) is 33.2. The van der Waals surface area contributed by atoms with Crippen molar-refractivity contribution < 1.29 is 0 Å². The summed E-state index contributed by atoms with van der Waals surface area (Å²) in [7, 11) is 0. The van der Waals surface area contributed by atoms with Gasteiger partial charge in [0.15, 0.2) is 0 Å². The molecule has 2 nitrogen and oxygen atoms in total. The largest absolute Gasteiger partial charge is 0.356 e. The summed E-state index contributed by atoms with van der Waals surface area (Å²) in [6.07, 6.45) is 11.1. The topological polar surface area (TPSA) is 15.3 Å². The summed E-state index contributed by atoms with van der Waals surface area (Å²) in [6.45, 7) is 0. The standard InChI is InChI=1S/C49H39N.C25H21Cl.C24H19N.2CH4/c1-3-9-35(10-4-1)37-16-24-42(25-17-37)50(43-26-18-38(19-27-43)36-11-5-2-6-12-36)44-28-20-39(21-29-44)40-22-30-46-45-13-7-8-14-47(45)49(48(46)32-40)33-34-15-23-41(49)31-34;26-20-10-6-17(7-11-20)18-8-12-22-21-3-1-2-4-23(21)25(24(22)14-18)15-16-5-9-19(25)13-16;1-3-7-19(8-4-1)21-11-15-23(16-12-21)25-24-17-13-22(14-18-24)20-9-5-2-6-10-20;;/h1-14,16-22,24-30,32,34,41H,15,23,31,33H2;1-4,6-8,10-12,14,16,19H,5,9,13,15H2;1-18,25H;2*1H4. The minimum Gasteiger partial charge on any atom is -0.356 e. The summed E-state index contributed by atoms with van der Waals surface area (Å²) in [5, 5.41) is 4.26. The second kappa shape index (κ2) is 28.4. The van der Waals surface area contributed by atoms with E-state index in [0.29, 0.717) is 0 Å². The van der Waals surface area contributed by atoms with Crippen LogP contribution in [0.5, 0.6) is 0 Å². The lowest BCUT2D eigenvalue weighted by molar-refractivity contribution is 0.327. The second-order valence-corrected chi connectivity index (χ2v) is 29.4. The Bertz CT molecular complexity index is 5090. The van der Waals surface area contributed by atoms with Crippen LogP contribution < -0.4 is 10.2 Å². The molecule has 2 spiro atoms. The van der Waals surface area contributed by atoms with Gasteiger partial charge in [-0.1, -0.05) is 306 Å². The minimum atomic E-state index is 0. The van der Waals surface area contributed by atoms with Gasteiger partial charge < -0.3 is 10.2 Å². The smallest absolute Gasteiger partial charge is 0.0462 e. The maximum atomic E-state index is 6.10. The van der Waals surface area contributed by atoms with E-state index >= 15 is 0 Å². The number of rotatable bonds is 11. The van der Waals surface area contributed by atoms with E-state index in [1.54, 1.807) is 22.3 Å². The normalized spacial score (nSPS) is 19.1. The van der Waals surface area contributed by atoms with Gasteiger partial charge >= 0.3 is 0 Å². The number of hydrogen-bond donors (Lipinski definition) is 1. The van der Waals surface area contributed by atoms with Crippen molar-refractivity contribution in [2.45, 2.75) is 77.0 Å². The summed E-state index contributed by atoms with van der Waals surface area (Å²) in [5.74, 6) is 3.37. The highest BCUT2D eigenvalue weighted by molar-refractivity contribution is 6.30. The Hall–Kier alpha value is -11.0. The Morgan fingerprint density at radius 3 is 0.854 bits per heavy atom. The molecule has 4 fully saturated rings. The number of anilines is 5. The molecule has 0 radical (unpaired) electrons. The molecule has 4 saturated carbocycles. The highest BCUT2D eigenvalue weighted by Gasteiger charge is 2.58. The van der Waals surface area contributed by atoms with Gasteiger partial charge in [-0.05, 0) is 258 Å². The number of hydrogen-bond acceptors (Lipinski definition) is 2. The molecular weight excluding hydrogens is 1260 g/mol. The average molecular weight is 1350 g/mol. The third-order valence-electron chi connectivity index (χ3n) is 23.5. The van der Waals surface area contributed by atoms with Crippen molar-refractivity contribution in [1.29, 1.82) is 0 Å². The molecule has 1 N–H and O–H groups in total. The zero-order chi connectivity index (χ0) is 67.3. The molecule has 4 bridgehead atoms. The van der Waals surface area contributed by atoms with Gasteiger partial charge in [-0.15, -0.1) is 0 Å². The van der Waals surface area contributed by atoms with Crippen LogP contribution in [0, 0.1) is 23.7 Å². The lowest BCUT2D eigenvalue weighted by Gasteiger charge is -2.36. The predicted molar refractivity (Wildman–Crippen MR) is 438 cm³/mol. The molecule has 0 saturated heterocycles. The summed E-state index contributed by atoms with van der Waals surface area (Å²) in [4.78, 5) is 2.37. The van der Waals surface area contributed by atoms with Gasteiger partial charge in [-0.2, -0.15) is 0 Å². The quantitative estimate of drug-likeness (QED) is 0.139. The number of halogens is 1. The zero-order valence-electron chi connectivity index (χ0n) is 56.8. The fourth-order valence-corrected chi connectivity index (χ4v) is 18.9. The van der Waals surface area contributed by atoms with Crippen LogP contribution in [0.3, 0.4) is 0 Å². The molecule has 6 unspecified atom stereocenters. The first-order valence-corrected chi connectivity index (χ1v) is 36.8. The van der Waals surface area contributed by atoms with E-state index in [-0.39, 0.29) is 25.7 Å². The van der Waals surface area contributed by atoms with Gasteiger partial charge in [0.05, 0.1) is 0 Å². The molecule has 103 heavy (non-hydrogen) atoms. The molecule has 504 valence electrons. The predicted octanol–water partition coefficient (Wildman–Crippen LogP) is 28.4. The molecule has 14 aromatic carbocycles. The molecule has 3 heteroatoms. The molecule has 14 aromatic rings. The van der Waals surface area contributed by atoms with Gasteiger partial charge in [-0.3, -0.25) is 0 Å². The first-order chi connectivity index (χ1) is 49.9. The van der Waals surface area contributed by atoms with E-state index < -0.39 is 0 Å². The molecule has 20 rings (SSSR count). The third kappa shape index (κ3) is 12.4. The lowest BCUT2D eigenvalue weighted by Crippen LogP contribution is -2.31. The van der Waals surface area contributed by atoms with E-state index in [2.05, 4.69) is 338 Å². The van der Waals surface area contributed by atoms with Gasteiger partial charge in [0.1, 0.15) is 0 Å². The van der Waals surface area contributed by atoms with Crippen molar-refractivity contribution in [3.63, 3.8) is 0 Å². The first-order valence-electron chi connectivity index (χ1n) is 36.4. The summed E-state index contributed by atoms with van der Waals surface area (Å²) in [6, 6.07) is 127. The van der Waals surface area contributed by atoms with Crippen LogP contribution in [-0.2, 0) is 10.8 Å². The Kier molecular flexibility index (Phi) is 18.4. The molecule has 0 amide bonds. The van der Waals surface area contributed by atoms with Crippen molar-refractivity contribution in [1.82, 2.24) is 0 Å². The first kappa shape index (κ1) is 66.5. The van der Waals surface area contributed by atoms with Gasteiger partial charge in [0.25, 0.3) is 0 Å². The van der Waals surface area contributed by atoms with Crippen LogP contribution >= 0.6 is 11.6 Å². The number of benzene rings is 14. The minimum absolute atomic E-state index is 0. The van der Waals surface area contributed by atoms with Gasteiger partial charge in [0, 0.05) is 44.3 Å². The van der Waals surface area contributed by atoms with Crippen molar-refractivity contribution in [3.8, 4) is 89.0 Å². The molecule has 6 atom stereocenters. The molecule has 6 aliphatic rings. The molecule has 0 heterocycles. The monoisotopic (exact) mass is 1350 g/mol. The molecule has 0 aromatic heterocycles. The summed E-state index contributed by atoms with van der Waals surface area (Å²) < 4.78 is 0. The summed E-state index contributed by atoms with van der Waals surface area (Å²) >= 11 is 6.10. The number of nitrogens with zero attached hydrogens (tertiary/aromatic N) is 1. The average Bonchev–Trinajstić information content (AvgIpc) is 1.54. The highest BCUT2D eigenvalue weighted by Crippen LogP contribution is 2.67. The van der Waals surface area contributed by atoms with Crippen LogP contribution in [0.15, 0.2) is 352 Å². The van der Waals surface area contributed by atoms with Crippen LogP contribution in [0.4, 0.5) is 28.4 Å². The van der Waals surface area contributed by atoms with E-state index in [1.165, 1.54) is 140 Å². The van der Waals surface area contributed by atoms with Crippen LogP contribution in [0.2, 0.25) is 5.02 Å². The van der Waals surface area contributed by atoms with Gasteiger partial charge in [0.2, 0.25) is 0 Å². The van der Waals surface area contributed by atoms with E-state index in [1.807, 2.05) is 24.3 Å². The number of fused-ring (bicyclic) bond motifs is 16. The van der Waals surface area contributed by atoms with E-state index in [4.69, 9.17) is 11.6 Å². The Morgan fingerprint density at radius 1 is 0.262 bits per heavy atom. The molecule has 0 aliphatic heterocycles.